The van der Waals surface area contributed by atoms with Gasteiger partial charge in [-0.25, -0.2) is 0 Å². The number of hydrogen-bond donors (Lipinski definition) is 0. The normalized spacial score (nSPS) is 24.9. The average molecular weight is 237 g/mol. The van der Waals surface area contributed by atoms with Crippen LogP contribution in [-0.4, -0.2) is 37.6 Å². The Morgan fingerprint density at radius 2 is 1.94 bits per heavy atom. The third-order valence-electron chi connectivity index (χ3n) is 4.59. The Morgan fingerprint density at radius 3 is 2.35 bits per heavy atom. The van der Waals surface area contributed by atoms with Crippen LogP contribution >= 0.6 is 0 Å². The van der Waals surface area contributed by atoms with E-state index in [1.165, 1.54) is 7.11 Å². The van der Waals surface area contributed by atoms with Gasteiger partial charge in [-0.05, 0) is 38.4 Å². The van der Waals surface area contributed by atoms with E-state index in [1.54, 1.807) is 11.1 Å². The summed E-state index contributed by atoms with van der Waals surface area (Å²) in [6, 6.07) is 0. The van der Waals surface area contributed by atoms with Gasteiger partial charge in [-0.3, -0.25) is 9.69 Å². The molecule has 0 radical (unpaired) electrons. The molecule has 2 rings (SSSR count). The zero-order chi connectivity index (χ0) is 12.6. The van der Waals surface area contributed by atoms with Crippen LogP contribution in [0.25, 0.3) is 0 Å². The van der Waals surface area contributed by atoms with Crippen LogP contribution in [-0.2, 0) is 9.53 Å². The third-order valence-corrected chi connectivity index (χ3v) is 4.59. The number of likely N-dealkylation sites (tertiary alicyclic amines) is 1. The number of carbonyl (C=O) groups is 1. The summed E-state index contributed by atoms with van der Waals surface area (Å²) in [6.45, 7) is 9.94. The SMILES string of the molecule is COC(=O)C1CCN(CC2=C(C)C2(C)C)CC1. The van der Waals surface area contributed by atoms with E-state index in [0.29, 0.717) is 5.41 Å². The first-order chi connectivity index (χ1) is 7.96. The molecule has 0 spiro atoms. The second-order valence-corrected chi connectivity index (χ2v) is 5.80. The molecular weight excluding hydrogens is 214 g/mol. The molecule has 0 unspecified atom stereocenters. The van der Waals surface area contributed by atoms with E-state index in [2.05, 4.69) is 25.7 Å². The van der Waals surface area contributed by atoms with Crippen molar-refractivity contribution in [2.75, 3.05) is 26.7 Å². The summed E-state index contributed by atoms with van der Waals surface area (Å²) in [6.07, 6.45) is 1.89. The average Bonchev–Trinajstić information content (AvgIpc) is 2.79. The number of rotatable bonds is 3. The maximum atomic E-state index is 11.4. The standard InChI is InChI=1S/C14H23NO2/c1-10-12(14(10,2)3)9-15-7-5-11(6-8-15)13(16)17-4/h11H,5-9H2,1-4H3. The minimum Gasteiger partial charge on any atom is -0.469 e. The number of piperidine rings is 1. The van der Waals surface area contributed by atoms with Crippen molar-refractivity contribution in [1.29, 1.82) is 0 Å². The molecule has 3 heteroatoms. The summed E-state index contributed by atoms with van der Waals surface area (Å²) < 4.78 is 4.80. The topological polar surface area (TPSA) is 29.5 Å². The second kappa shape index (κ2) is 4.45. The fourth-order valence-corrected chi connectivity index (χ4v) is 2.78. The van der Waals surface area contributed by atoms with Gasteiger partial charge in [-0.2, -0.15) is 0 Å². The first kappa shape index (κ1) is 12.6. The van der Waals surface area contributed by atoms with Crippen molar-refractivity contribution >= 4 is 5.97 Å². The quantitative estimate of drug-likeness (QED) is 0.557. The molecule has 1 saturated heterocycles. The van der Waals surface area contributed by atoms with E-state index in [0.717, 1.165) is 32.5 Å². The molecule has 1 aliphatic carbocycles. The summed E-state index contributed by atoms with van der Waals surface area (Å²) in [7, 11) is 1.48. The number of carbonyl (C=O) groups excluding carboxylic acids is 1. The fourth-order valence-electron chi connectivity index (χ4n) is 2.78. The summed E-state index contributed by atoms with van der Waals surface area (Å²) in [4.78, 5) is 13.9. The molecule has 0 aromatic carbocycles. The predicted octanol–water partition coefficient (Wildman–Crippen LogP) is 2.23. The molecule has 0 aromatic rings. The molecule has 0 aromatic heterocycles. The number of hydrogen-bond acceptors (Lipinski definition) is 3. The highest BCUT2D eigenvalue weighted by atomic mass is 16.5. The van der Waals surface area contributed by atoms with Gasteiger partial charge in [-0.1, -0.05) is 19.4 Å². The number of methoxy groups -OCH3 is 1. The van der Waals surface area contributed by atoms with E-state index < -0.39 is 0 Å². The van der Waals surface area contributed by atoms with Crippen molar-refractivity contribution in [2.45, 2.75) is 33.6 Å². The summed E-state index contributed by atoms with van der Waals surface area (Å²) in [5.41, 5.74) is 3.50. The van der Waals surface area contributed by atoms with Crippen molar-refractivity contribution < 1.29 is 9.53 Å². The minimum atomic E-state index is -0.0354. The van der Waals surface area contributed by atoms with Crippen molar-refractivity contribution in [3.05, 3.63) is 11.1 Å². The van der Waals surface area contributed by atoms with Crippen LogP contribution in [0.1, 0.15) is 33.6 Å². The zero-order valence-corrected chi connectivity index (χ0v) is 11.4. The number of nitrogens with zero attached hydrogens (tertiary/aromatic N) is 1. The van der Waals surface area contributed by atoms with Gasteiger partial charge in [0.2, 0.25) is 0 Å². The van der Waals surface area contributed by atoms with E-state index in [1.807, 2.05) is 0 Å². The molecule has 3 nitrogen and oxygen atoms in total. The lowest BCUT2D eigenvalue weighted by molar-refractivity contribution is -0.147. The molecule has 0 N–H and O–H groups in total. The molecule has 0 amide bonds. The van der Waals surface area contributed by atoms with Gasteiger partial charge in [0.25, 0.3) is 0 Å². The number of allylic oxidation sites excluding steroid dienone is 1. The molecule has 0 bridgehead atoms. The van der Waals surface area contributed by atoms with E-state index in [4.69, 9.17) is 4.74 Å². The minimum absolute atomic E-state index is 0.0354. The number of esters is 1. The van der Waals surface area contributed by atoms with Gasteiger partial charge in [-0.15, -0.1) is 0 Å². The van der Waals surface area contributed by atoms with Crippen molar-refractivity contribution in [2.24, 2.45) is 11.3 Å². The smallest absolute Gasteiger partial charge is 0.308 e. The van der Waals surface area contributed by atoms with Gasteiger partial charge in [0.05, 0.1) is 13.0 Å². The first-order valence-corrected chi connectivity index (χ1v) is 6.47. The lowest BCUT2D eigenvalue weighted by Gasteiger charge is -2.30. The Bertz CT molecular complexity index is 349. The fraction of sp³-hybridized carbons (Fsp3) is 0.786. The highest BCUT2D eigenvalue weighted by molar-refractivity contribution is 5.72. The molecule has 96 valence electrons. The van der Waals surface area contributed by atoms with Gasteiger partial charge in [0.15, 0.2) is 0 Å². The largest absolute Gasteiger partial charge is 0.469 e. The van der Waals surface area contributed by atoms with Crippen molar-refractivity contribution in [3.8, 4) is 0 Å². The Hall–Kier alpha value is -0.830. The summed E-state index contributed by atoms with van der Waals surface area (Å²) >= 11 is 0. The van der Waals surface area contributed by atoms with Gasteiger partial charge >= 0.3 is 5.97 Å². The molecule has 0 saturated carbocycles. The molecular formula is C14H23NO2. The highest BCUT2D eigenvalue weighted by Gasteiger charge is 2.42. The van der Waals surface area contributed by atoms with E-state index in [-0.39, 0.29) is 11.9 Å². The van der Waals surface area contributed by atoms with Gasteiger partial charge in [0.1, 0.15) is 0 Å². The van der Waals surface area contributed by atoms with E-state index >= 15 is 0 Å². The van der Waals surface area contributed by atoms with Crippen LogP contribution in [0.15, 0.2) is 11.1 Å². The van der Waals surface area contributed by atoms with Crippen LogP contribution < -0.4 is 0 Å². The lowest BCUT2D eigenvalue weighted by Crippen LogP contribution is -2.37. The Kier molecular flexibility index (Phi) is 3.30. The molecule has 2 aliphatic rings. The third kappa shape index (κ3) is 2.39. The van der Waals surface area contributed by atoms with Crippen LogP contribution in [0, 0.1) is 11.3 Å². The zero-order valence-electron chi connectivity index (χ0n) is 11.4. The summed E-state index contributed by atoms with van der Waals surface area (Å²) in [5.74, 6) is 0.0883. The Labute approximate surface area is 104 Å². The Balaban J connectivity index is 1.79. The molecule has 0 atom stereocenters. The highest BCUT2D eigenvalue weighted by Crippen LogP contribution is 2.51. The lowest BCUT2D eigenvalue weighted by atomic mass is 9.96. The van der Waals surface area contributed by atoms with Gasteiger partial charge < -0.3 is 4.74 Å². The molecule has 1 fully saturated rings. The maximum absolute atomic E-state index is 11.4. The van der Waals surface area contributed by atoms with Crippen LogP contribution in [0.5, 0.6) is 0 Å². The first-order valence-electron chi connectivity index (χ1n) is 6.47. The Morgan fingerprint density at radius 1 is 1.41 bits per heavy atom. The number of ether oxygens (including phenoxy) is 1. The molecule has 1 aliphatic heterocycles. The van der Waals surface area contributed by atoms with Gasteiger partial charge in [0, 0.05) is 12.0 Å². The van der Waals surface area contributed by atoms with Crippen LogP contribution in [0.2, 0.25) is 0 Å². The van der Waals surface area contributed by atoms with Crippen LogP contribution in [0.4, 0.5) is 0 Å². The van der Waals surface area contributed by atoms with Crippen molar-refractivity contribution in [1.82, 2.24) is 4.90 Å². The predicted molar refractivity (Wildman–Crippen MR) is 67.7 cm³/mol. The molecule has 17 heavy (non-hydrogen) atoms. The van der Waals surface area contributed by atoms with E-state index in [9.17, 15) is 4.79 Å². The second-order valence-electron chi connectivity index (χ2n) is 5.80. The maximum Gasteiger partial charge on any atom is 0.308 e. The van der Waals surface area contributed by atoms with Crippen LogP contribution in [0.3, 0.4) is 0 Å². The summed E-state index contributed by atoms with van der Waals surface area (Å²) in [5, 5.41) is 0. The monoisotopic (exact) mass is 237 g/mol. The van der Waals surface area contributed by atoms with Crippen molar-refractivity contribution in [3.63, 3.8) is 0 Å². The molecule has 1 heterocycles.